The molecule has 2 rings (SSSR count). The second-order valence-electron chi connectivity index (χ2n) is 4.69. The SMILES string of the molecule is CCOc1ccccc1NC(=S)NCCc1ccc(Cl)cc1. The van der Waals surface area contributed by atoms with Gasteiger partial charge in [-0.3, -0.25) is 0 Å². The highest BCUT2D eigenvalue weighted by molar-refractivity contribution is 7.80. The van der Waals surface area contributed by atoms with Gasteiger partial charge in [0.25, 0.3) is 0 Å². The van der Waals surface area contributed by atoms with E-state index in [-0.39, 0.29) is 0 Å². The summed E-state index contributed by atoms with van der Waals surface area (Å²) in [5.41, 5.74) is 2.09. The molecule has 0 aliphatic heterocycles. The van der Waals surface area contributed by atoms with E-state index in [1.165, 1.54) is 5.56 Å². The van der Waals surface area contributed by atoms with Gasteiger partial charge in [0.1, 0.15) is 5.75 Å². The smallest absolute Gasteiger partial charge is 0.170 e. The van der Waals surface area contributed by atoms with Crippen molar-refractivity contribution in [3.8, 4) is 5.75 Å². The van der Waals surface area contributed by atoms with Crippen LogP contribution in [-0.4, -0.2) is 18.3 Å². The van der Waals surface area contributed by atoms with Crippen molar-refractivity contribution in [2.24, 2.45) is 0 Å². The van der Waals surface area contributed by atoms with Gasteiger partial charge in [0.2, 0.25) is 0 Å². The number of hydrogen-bond acceptors (Lipinski definition) is 2. The maximum absolute atomic E-state index is 5.87. The maximum atomic E-state index is 5.87. The van der Waals surface area contributed by atoms with Crippen LogP contribution in [0.25, 0.3) is 0 Å². The van der Waals surface area contributed by atoms with Crippen molar-refractivity contribution in [3.63, 3.8) is 0 Å². The van der Waals surface area contributed by atoms with Gasteiger partial charge in [-0.05, 0) is 55.4 Å². The first kappa shape index (κ1) is 16.6. The second kappa shape index (κ2) is 8.61. The van der Waals surface area contributed by atoms with Crippen LogP contribution in [0.4, 0.5) is 5.69 Å². The van der Waals surface area contributed by atoms with E-state index in [0.717, 1.165) is 29.4 Å². The average molecular weight is 335 g/mol. The van der Waals surface area contributed by atoms with E-state index < -0.39 is 0 Å². The number of thiocarbonyl (C=S) groups is 1. The van der Waals surface area contributed by atoms with Crippen LogP contribution in [0.1, 0.15) is 12.5 Å². The third kappa shape index (κ3) is 5.20. The molecule has 22 heavy (non-hydrogen) atoms. The predicted octanol–water partition coefficient (Wildman–Crippen LogP) is 4.27. The summed E-state index contributed by atoms with van der Waals surface area (Å²) < 4.78 is 5.56. The van der Waals surface area contributed by atoms with Crippen molar-refractivity contribution in [3.05, 3.63) is 59.1 Å². The Morgan fingerprint density at radius 2 is 1.86 bits per heavy atom. The van der Waals surface area contributed by atoms with Crippen molar-refractivity contribution in [1.29, 1.82) is 0 Å². The lowest BCUT2D eigenvalue weighted by molar-refractivity contribution is 0.342. The van der Waals surface area contributed by atoms with Crippen LogP contribution in [-0.2, 0) is 6.42 Å². The molecule has 0 atom stereocenters. The van der Waals surface area contributed by atoms with E-state index in [1.807, 2.05) is 55.5 Å². The number of ether oxygens (including phenoxy) is 1. The van der Waals surface area contributed by atoms with E-state index in [2.05, 4.69) is 10.6 Å². The Morgan fingerprint density at radius 3 is 2.59 bits per heavy atom. The number of nitrogens with one attached hydrogen (secondary N) is 2. The number of anilines is 1. The summed E-state index contributed by atoms with van der Waals surface area (Å²) in [7, 11) is 0. The lowest BCUT2D eigenvalue weighted by Crippen LogP contribution is -2.30. The molecule has 3 nitrogen and oxygen atoms in total. The number of halogens is 1. The van der Waals surface area contributed by atoms with E-state index in [9.17, 15) is 0 Å². The van der Waals surface area contributed by atoms with Crippen molar-refractivity contribution < 1.29 is 4.74 Å². The summed E-state index contributed by atoms with van der Waals surface area (Å²) >= 11 is 11.2. The first-order valence-electron chi connectivity index (χ1n) is 7.20. The van der Waals surface area contributed by atoms with Crippen molar-refractivity contribution in [2.45, 2.75) is 13.3 Å². The lowest BCUT2D eigenvalue weighted by Gasteiger charge is -2.14. The fraction of sp³-hybridized carbons (Fsp3) is 0.235. The molecule has 0 unspecified atom stereocenters. The van der Waals surface area contributed by atoms with E-state index in [0.29, 0.717) is 11.7 Å². The Labute approximate surface area is 141 Å². The van der Waals surface area contributed by atoms with Crippen LogP contribution in [0.2, 0.25) is 5.02 Å². The molecule has 0 aliphatic rings. The number of para-hydroxylation sites is 2. The molecule has 2 aromatic rings. The molecule has 5 heteroatoms. The highest BCUT2D eigenvalue weighted by Gasteiger charge is 2.04. The quantitative estimate of drug-likeness (QED) is 0.773. The largest absolute Gasteiger partial charge is 0.492 e. The summed E-state index contributed by atoms with van der Waals surface area (Å²) in [5, 5.41) is 7.70. The summed E-state index contributed by atoms with van der Waals surface area (Å²) in [6.07, 6.45) is 0.881. The second-order valence-corrected chi connectivity index (χ2v) is 5.53. The molecule has 0 aromatic heterocycles. The Kier molecular flexibility index (Phi) is 6.49. The molecule has 0 amide bonds. The zero-order valence-electron chi connectivity index (χ0n) is 12.4. The first-order chi connectivity index (χ1) is 10.7. The molecule has 0 fully saturated rings. The Morgan fingerprint density at radius 1 is 1.14 bits per heavy atom. The Balaban J connectivity index is 1.82. The minimum atomic E-state index is 0.584. The van der Waals surface area contributed by atoms with Gasteiger partial charge in [0.15, 0.2) is 5.11 Å². The minimum absolute atomic E-state index is 0.584. The molecule has 2 aromatic carbocycles. The number of hydrogen-bond donors (Lipinski definition) is 2. The highest BCUT2D eigenvalue weighted by atomic mass is 35.5. The molecule has 0 aliphatic carbocycles. The molecule has 2 N–H and O–H groups in total. The Bertz CT molecular complexity index is 616. The van der Waals surface area contributed by atoms with Gasteiger partial charge in [-0.25, -0.2) is 0 Å². The van der Waals surface area contributed by atoms with Gasteiger partial charge in [0.05, 0.1) is 12.3 Å². The third-order valence-corrected chi connectivity index (χ3v) is 3.55. The molecular formula is C17H19ClN2OS. The molecular weight excluding hydrogens is 316 g/mol. The Hall–Kier alpha value is -1.78. The van der Waals surface area contributed by atoms with E-state index in [4.69, 9.17) is 28.6 Å². The van der Waals surface area contributed by atoms with Crippen LogP contribution in [0.3, 0.4) is 0 Å². The molecule has 0 saturated carbocycles. The van der Waals surface area contributed by atoms with Gasteiger partial charge in [-0.2, -0.15) is 0 Å². The molecule has 0 bridgehead atoms. The van der Waals surface area contributed by atoms with Crippen LogP contribution < -0.4 is 15.4 Å². The summed E-state index contributed by atoms with van der Waals surface area (Å²) in [5.74, 6) is 0.798. The fourth-order valence-corrected chi connectivity index (χ4v) is 2.33. The van der Waals surface area contributed by atoms with Crippen molar-refractivity contribution in [1.82, 2.24) is 5.32 Å². The summed E-state index contributed by atoms with van der Waals surface area (Å²) in [4.78, 5) is 0. The molecule has 0 saturated heterocycles. The minimum Gasteiger partial charge on any atom is -0.492 e. The maximum Gasteiger partial charge on any atom is 0.170 e. The molecule has 0 heterocycles. The van der Waals surface area contributed by atoms with Crippen LogP contribution in [0.15, 0.2) is 48.5 Å². The van der Waals surface area contributed by atoms with Crippen LogP contribution >= 0.6 is 23.8 Å². The van der Waals surface area contributed by atoms with Gasteiger partial charge in [-0.15, -0.1) is 0 Å². The van der Waals surface area contributed by atoms with Crippen molar-refractivity contribution >= 4 is 34.6 Å². The van der Waals surface area contributed by atoms with Gasteiger partial charge >= 0.3 is 0 Å². The monoisotopic (exact) mass is 334 g/mol. The summed E-state index contributed by atoms with van der Waals surface area (Å²) in [6, 6.07) is 15.6. The molecule has 116 valence electrons. The molecule has 0 radical (unpaired) electrons. The number of benzene rings is 2. The summed E-state index contributed by atoms with van der Waals surface area (Å²) in [6.45, 7) is 3.33. The van der Waals surface area contributed by atoms with Gasteiger partial charge in [-0.1, -0.05) is 35.9 Å². The number of rotatable bonds is 6. The fourth-order valence-electron chi connectivity index (χ4n) is 1.99. The topological polar surface area (TPSA) is 33.3 Å². The molecule has 0 spiro atoms. The lowest BCUT2D eigenvalue weighted by atomic mass is 10.1. The van der Waals surface area contributed by atoms with E-state index >= 15 is 0 Å². The predicted molar refractivity (Wildman–Crippen MR) is 97.0 cm³/mol. The van der Waals surface area contributed by atoms with Gasteiger partial charge < -0.3 is 15.4 Å². The van der Waals surface area contributed by atoms with Crippen LogP contribution in [0, 0.1) is 0 Å². The zero-order valence-corrected chi connectivity index (χ0v) is 14.0. The normalized spacial score (nSPS) is 10.1. The first-order valence-corrected chi connectivity index (χ1v) is 7.99. The van der Waals surface area contributed by atoms with E-state index in [1.54, 1.807) is 0 Å². The highest BCUT2D eigenvalue weighted by Crippen LogP contribution is 2.23. The third-order valence-electron chi connectivity index (χ3n) is 3.05. The zero-order chi connectivity index (χ0) is 15.8. The average Bonchev–Trinajstić information content (AvgIpc) is 2.51. The van der Waals surface area contributed by atoms with Gasteiger partial charge in [0, 0.05) is 11.6 Å². The standard InChI is InChI=1S/C17H19ClN2OS/c1-2-21-16-6-4-3-5-15(16)20-17(22)19-12-11-13-7-9-14(18)10-8-13/h3-10H,2,11-12H2,1H3,(H2,19,20,22). The van der Waals surface area contributed by atoms with Crippen molar-refractivity contribution in [2.75, 3.05) is 18.5 Å². The van der Waals surface area contributed by atoms with Crippen LogP contribution in [0.5, 0.6) is 5.75 Å².